The van der Waals surface area contributed by atoms with Gasteiger partial charge in [0, 0.05) is 24.8 Å². The predicted octanol–water partition coefficient (Wildman–Crippen LogP) is 3.11. The molecule has 0 saturated heterocycles. The van der Waals surface area contributed by atoms with Gasteiger partial charge in [0.05, 0.1) is 0 Å². The molecule has 17 heavy (non-hydrogen) atoms. The second-order valence-electron chi connectivity index (χ2n) is 5.80. The fourth-order valence-corrected chi connectivity index (χ4v) is 2.14. The van der Waals surface area contributed by atoms with Crippen LogP contribution in [-0.4, -0.2) is 18.6 Å². The molecule has 1 aromatic carbocycles. The van der Waals surface area contributed by atoms with E-state index in [-0.39, 0.29) is 5.41 Å². The molecule has 0 spiro atoms. The topological polar surface area (TPSA) is 29.3 Å². The summed E-state index contributed by atoms with van der Waals surface area (Å²) in [5.41, 5.74) is 9.31. The van der Waals surface area contributed by atoms with Crippen molar-refractivity contribution in [2.24, 2.45) is 11.1 Å². The molecule has 3 heteroatoms. The minimum Gasteiger partial charge on any atom is -0.389 e. The van der Waals surface area contributed by atoms with Gasteiger partial charge in [0.25, 0.3) is 0 Å². The number of aryl methyl sites for hydroxylation is 1. The second-order valence-corrected chi connectivity index (χ2v) is 6.24. The van der Waals surface area contributed by atoms with Crippen LogP contribution in [0.1, 0.15) is 31.9 Å². The average Bonchev–Trinajstić information content (AvgIpc) is 2.14. The average molecular weight is 250 g/mol. The van der Waals surface area contributed by atoms with Crippen LogP contribution >= 0.6 is 12.2 Å². The molecule has 0 amide bonds. The highest BCUT2D eigenvalue weighted by molar-refractivity contribution is 7.80. The highest BCUT2D eigenvalue weighted by atomic mass is 32.1. The zero-order chi connectivity index (χ0) is 13.2. The number of rotatable bonds is 3. The molecule has 0 radical (unpaired) electrons. The summed E-state index contributed by atoms with van der Waals surface area (Å²) in [6.07, 6.45) is 0. The van der Waals surface area contributed by atoms with E-state index in [0.29, 0.717) is 4.99 Å². The number of anilines is 1. The largest absolute Gasteiger partial charge is 0.389 e. The number of hydrogen-bond donors (Lipinski definition) is 1. The summed E-state index contributed by atoms with van der Waals surface area (Å²) < 4.78 is 0. The third-order valence-electron chi connectivity index (χ3n) is 2.54. The summed E-state index contributed by atoms with van der Waals surface area (Å²) in [5, 5.41) is 0. The fraction of sp³-hybridized carbons (Fsp3) is 0.500. The van der Waals surface area contributed by atoms with Crippen LogP contribution in [0, 0.1) is 12.3 Å². The number of hydrogen-bond acceptors (Lipinski definition) is 2. The maximum Gasteiger partial charge on any atom is 0.106 e. The first-order chi connectivity index (χ1) is 7.70. The molecule has 1 rings (SSSR count). The van der Waals surface area contributed by atoms with Gasteiger partial charge in [-0.3, -0.25) is 0 Å². The lowest BCUT2D eigenvalue weighted by molar-refractivity contribution is 0.419. The van der Waals surface area contributed by atoms with Crippen LogP contribution in [0.2, 0.25) is 0 Å². The van der Waals surface area contributed by atoms with Crippen LogP contribution in [0.3, 0.4) is 0 Å². The molecule has 0 unspecified atom stereocenters. The number of benzene rings is 1. The van der Waals surface area contributed by atoms with Gasteiger partial charge in [-0.1, -0.05) is 39.1 Å². The van der Waals surface area contributed by atoms with E-state index in [1.54, 1.807) is 0 Å². The minimum absolute atomic E-state index is 0.242. The fourth-order valence-electron chi connectivity index (χ4n) is 1.96. The first kappa shape index (κ1) is 14.0. The van der Waals surface area contributed by atoms with Gasteiger partial charge in [0.15, 0.2) is 0 Å². The molecular weight excluding hydrogens is 228 g/mol. The van der Waals surface area contributed by atoms with Gasteiger partial charge in [0.1, 0.15) is 4.99 Å². The Morgan fingerprint density at radius 2 is 1.94 bits per heavy atom. The SMILES string of the molecule is Cc1ccc(C(N)=S)c(N(C)CC(C)(C)C)c1. The molecule has 1 aromatic rings. The van der Waals surface area contributed by atoms with E-state index in [1.807, 2.05) is 12.1 Å². The van der Waals surface area contributed by atoms with Crippen molar-refractivity contribution in [1.82, 2.24) is 0 Å². The van der Waals surface area contributed by atoms with Crippen LogP contribution in [0.4, 0.5) is 5.69 Å². The first-order valence-corrected chi connectivity index (χ1v) is 6.23. The maximum absolute atomic E-state index is 5.77. The van der Waals surface area contributed by atoms with Crippen LogP contribution < -0.4 is 10.6 Å². The smallest absolute Gasteiger partial charge is 0.106 e. The normalized spacial score (nSPS) is 11.4. The minimum atomic E-state index is 0.242. The molecule has 0 fully saturated rings. The van der Waals surface area contributed by atoms with Crippen molar-refractivity contribution in [3.8, 4) is 0 Å². The van der Waals surface area contributed by atoms with Gasteiger partial charge in [0.2, 0.25) is 0 Å². The third kappa shape index (κ3) is 4.00. The van der Waals surface area contributed by atoms with Crippen molar-refractivity contribution in [2.45, 2.75) is 27.7 Å². The molecule has 94 valence electrons. The van der Waals surface area contributed by atoms with Crippen LogP contribution in [-0.2, 0) is 0 Å². The van der Waals surface area contributed by atoms with Crippen LogP contribution in [0.5, 0.6) is 0 Å². The van der Waals surface area contributed by atoms with Gasteiger partial charge in [-0.25, -0.2) is 0 Å². The van der Waals surface area contributed by atoms with E-state index < -0.39 is 0 Å². The van der Waals surface area contributed by atoms with Crippen molar-refractivity contribution in [1.29, 1.82) is 0 Å². The van der Waals surface area contributed by atoms with Gasteiger partial charge < -0.3 is 10.6 Å². The summed E-state index contributed by atoms with van der Waals surface area (Å²) >= 11 is 5.10. The molecule has 0 bridgehead atoms. The lowest BCUT2D eigenvalue weighted by Crippen LogP contribution is -2.30. The van der Waals surface area contributed by atoms with E-state index in [2.05, 4.69) is 45.7 Å². The van der Waals surface area contributed by atoms with E-state index in [1.165, 1.54) is 5.56 Å². The van der Waals surface area contributed by atoms with Gasteiger partial charge in [-0.05, 0) is 30.0 Å². The highest BCUT2D eigenvalue weighted by Crippen LogP contribution is 2.25. The molecule has 0 heterocycles. The molecule has 2 N–H and O–H groups in total. The van der Waals surface area contributed by atoms with E-state index in [9.17, 15) is 0 Å². The molecule has 0 aliphatic carbocycles. The molecule has 0 aliphatic heterocycles. The Balaban J connectivity index is 3.10. The summed E-state index contributed by atoms with van der Waals surface area (Å²) in [7, 11) is 2.09. The predicted molar refractivity (Wildman–Crippen MR) is 79.8 cm³/mol. The van der Waals surface area contributed by atoms with Gasteiger partial charge in [-0.15, -0.1) is 0 Å². The lowest BCUT2D eigenvalue weighted by Gasteiger charge is -2.30. The van der Waals surface area contributed by atoms with Crippen molar-refractivity contribution in [3.63, 3.8) is 0 Å². The van der Waals surface area contributed by atoms with Gasteiger partial charge in [-0.2, -0.15) is 0 Å². The van der Waals surface area contributed by atoms with Crippen molar-refractivity contribution >= 4 is 22.9 Å². The summed E-state index contributed by atoms with van der Waals surface area (Å²) in [5.74, 6) is 0. The molecule has 0 aromatic heterocycles. The second kappa shape index (κ2) is 5.05. The zero-order valence-corrected chi connectivity index (χ0v) is 12.2. The van der Waals surface area contributed by atoms with Crippen LogP contribution in [0.25, 0.3) is 0 Å². The number of nitrogens with two attached hydrogens (primary N) is 1. The van der Waals surface area contributed by atoms with E-state index in [0.717, 1.165) is 17.8 Å². The van der Waals surface area contributed by atoms with Crippen molar-refractivity contribution in [2.75, 3.05) is 18.5 Å². The van der Waals surface area contributed by atoms with E-state index >= 15 is 0 Å². The Morgan fingerprint density at radius 1 is 1.35 bits per heavy atom. The standard InChI is InChI=1S/C14H22N2S/c1-10-6-7-11(13(15)17)12(8-10)16(5)9-14(2,3)4/h6-8H,9H2,1-5H3,(H2,15,17). The first-order valence-electron chi connectivity index (χ1n) is 5.82. The Kier molecular flexibility index (Phi) is 4.15. The summed E-state index contributed by atoms with van der Waals surface area (Å²) in [6, 6.07) is 6.19. The van der Waals surface area contributed by atoms with Crippen molar-refractivity contribution < 1.29 is 0 Å². The number of thiocarbonyl (C=S) groups is 1. The summed E-state index contributed by atoms with van der Waals surface area (Å²) in [4.78, 5) is 2.68. The zero-order valence-electron chi connectivity index (χ0n) is 11.4. The monoisotopic (exact) mass is 250 g/mol. The number of nitrogens with zero attached hydrogens (tertiary/aromatic N) is 1. The Labute approximate surface area is 110 Å². The molecule has 0 saturated carbocycles. The van der Waals surface area contributed by atoms with Crippen LogP contribution in [0.15, 0.2) is 18.2 Å². The Hall–Kier alpha value is -1.09. The van der Waals surface area contributed by atoms with E-state index in [4.69, 9.17) is 18.0 Å². The molecule has 0 aliphatic rings. The molecular formula is C14H22N2S. The lowest BCUT2D eigenvalue weighted by atomic mass is 9.95. The van der Waals surface area contributed by atoms with Crippen molar-refractivity contribution in [3.05, 3.63) is 29.3 Å². The highest BCUT2D eigenvalue weighted by Gasteiger charge is 2.16. The Morgan fingerprint density at radius 3 is 2.41 bits per heavy atom. The quantitative estimate of drug-likeness (QED) is 0.836. The van der Waals surface area contributed by atoms with Gasteiger partial charge >= 0.3 is 0 Å². The third-order valence-corrected chi connectivity index (χ3v) is 2.76. The molecule has 2 nitrogen and oxygen atoms in total. The summed E-state index contributed by atoms with van der Waals surface area (Å²) in [6.45, 7) is 9.71. The Bertz CT molecular complexity index is 419. The maximum atomic E-state index is 5.77. The molecule has 0 atom stereocenters.